The van der Waals surface area contributed by atoms with Crippen LogP contribution in [0.1, 0.15) is 0 Å². The molecule has 1 aromatic heterocycles. The molecule has 0 bridgehead atoms. The van der Waals surface area contributed by atoms with E-state index < -0.39 is 0 Å². The van der Waals surface area contributed by atoms with Crippen LogP contribution in [0.5, 0.6) is 0 Å². The molecule has 0 saturated heterocycles. The van der Waals surface area contributed by atoms with Crippen molar-refractivity contribution in [2.45, 2.75) is 6.54 Å². The number of rotatable bonds is 3. The molecule has 5 heteroatoms. The van der Waals surface area contributed by atoms with Crippen LogP contribution < -0.4 is 5.73 Å². The van der Waals surface area contributed by atoms with Crippen molar-refractivity contribution < 1.29 is 0 Å². The van der Waals surface area contributed by atoms with Gasteiger partial charge in [-0.3, -0.25) is 0 Å². The van der Waals surface area contributed by atoms with Gasteiger partial charge in [-0.25, -0.2) is 4.98 Å². The van der Waals surface area contributed by atoms with E-state index in [9.17, 15) is 0 Å². The molecule has 1 heterocycles. The Morgan fingerprint density at radius 2 is 2.33 bits per heavy atom. The second-order valence-corrected chi connectivity index (χ2v) is 4.45. The maximum atomic E-state index is 5.44. The van der Waals surface area contributed by atoms with Gasteiger partial charge >= 0.3 is 0 Å². The number of hydrogen-bond acceptors (Lipinski definition) is 2. The third-order valence-electron chi connectivity index (χ3n) is 1.42. The minimum absolute atomic E-state index is 0.533. The van der Waals surface area contributed by atoms with Gasteiger partial charge in [0.1, 0.15) is 7.40 Å². The van der Waals surface area contributed by atoms with Crippen LogP contribution in [0.15, 0.2) is 18.5 Å². The number of hydrogen-bond donors (Lipinski definition) is 1. The molecule has 0 atom stereocenters. The lowest BCUT2D eigenvalue weighted by molar-refractivity contribution is 0.751. The highest BCUT2D eigenvalue weighted by molar-refractivity contribution is 14.1. The van der Waals surface area contributed by atoms with Crippen LogP contribution in [-0.2, 0) is 6.54 Å². The van der Waals surface area contributed by atoms with Crippen LogP contribution in [0.2, 0.25) is 0 Å². The molecule has 0 unspecified atom stereocenters. The zero-order chi connectivity index (χ0) is 9.14. The van der Waals surface area contributed by atoms with Gasteiger partial charge in [-0.05, 0) is 50.8 Å². The first-order valence-corrected chi connectivity index (χ1v) is 5.53. The zero-order valence-electron chi connectivity index (χ0n) is 6.43. The Morgan fingerprint density at radius 3 is 2.75 bits per heavy atom. The predicted octanol–water partition coefficient (Wildman–Crippen LogP) is 1.61. The van der Waals surface area contributed by atoms with Crippen LogP contribution in [0.4, 0.5) is 0 Å². The van der Waals surface area contributed by atoms with Crippen molar-refractivity contribution in [1.29, 1.82) is 0 Å². The van der Waals surface area contributed by atoms with Crippen LogP contribution in [-0.4, -0.2) is 16.1 Å². The molecule has 0 saturated carbocycles. The van der Waals surface area contributed by atoms with Crippen molar-refractivity contribution in [3.05, 3.63) is 25.9 Å². The summed E-state index contributed by atoms with van der Waals surface area (Å²) in [6, 6.07) is 0. The average Bonchev–Trinajstić information content (AvgIpc) is 2.36. The first-order chi connectivity index (χ1) is 5.65. The number of nitrogens with zero attached hydrogens (tertiary/aromatic N) is 2. The molecule has 2 N–H and O–H groups in total. The van der Waals surface area contributed by atoms with Crippen LogP contribution in [0.3, 0.4) is 0 Å². The second-order valence-electron chi connectivity index (χ2n) is 2.41. The summed E-state index contributed by atoms with van der Waals surface area (Å²) < 4.78 is 4.21. The third-order valence-corrected chi connectivity index (χ3v) is 4.37. The number of nitrogens with two attached hydrogens (primary N) is 1. The lowest BCUT2D eigenvalue weighted by Gasteiger charge is -2.04. The molecule has 0 spiro atoms. The number of halogens is 2. The van der Waals surface area contributed by atoms with Crippen molar-refractivity contribution in [3.63, 3.8) is 0 Å². The van der Waals surface area contributed by atoms with E-state index in [4.69, 9.17) is 5.73 Å². The quantitative estimate of drug-likeness (QED) is 0.631. The van der Waals surface area contributed by atoms with E-state index >= 15 is 0 Å². The number of aromatic nitrogens is 2. The molecule has 0 aliphatic rings. The Hall–Kier alpha value is 0.370. The fourth-order valence-electron chi connectivity index (χ4n) is 0.759. The van der Waals surface area contributed by atoms with E-state index in [1.807, 2.05) is 10.9 Å². The lowest BCUT2D eigenvalue weighted by atomic mass is 10.3. The van der Waals surface area contributed by atoms with Crippen LogP contribution in [0, 0.1) is 7.40 Å². The first kappa shape index (κ1) is 10.5. The zero-order valence-corrected chi connectivity index (χ0v) is 10.7. The Morgan fingerprint density at radius 1 is 1.67 bits per heavy atom. The van der Waals surface area contributed by atoms with Gasteiger partial charge in [0.15, 0.2) is 0 Å². The minimum atomic E-state index is 0.533. The van der Waals surface area contributed by atoms with Crippen molar-refractivity contribution >= 4 is 45.2 Å². The van der Waals surface area contributed by atoms with Crippen molar-refractivity contribution in [2.24, 2.45) is 5.73 Å². The Balaban J connectivity index is 2.76. The SMILES string of the molecule is C=C(CN)Cn1cnc(I)c1I. The summed E-state index contributed by atoms with van der Waals surface area (Å²) in [5.41, 5.74) is 6.45. The molecule has 0 radical (unpaired) electrons. The van der Waals surface area contributed by atoms with E-state index in [1.54, 1.807) is 0 Å². The standard InChI is InChI=1S/C7H9I2N3/c1-5(2-10)3-12-4-11-6(8)7(12)9/h4H,1-3,10H2. The Kier molecular flexibility index (Phi) is 3.97. The highest BCUT2D eigenvalue weighted by Crippen LogP contribution is 2.13. The van der Waals surface area contributed by atoms with Crippen molar-refractivity contribution in [1.82, 2.24) is 9.55 Å². The molecule has 66 valence electrons. The molecule has 0 aromatic carbocycles. The summed E-state index contributed by atoms with van der Waals surface area (Å²) in [6.45, 7) is 5.14. The summed E-state index contributed by atoms with van der Waals surface area (Å²) in [7, 11) is 0. The summed E-state index contributed by atoms with van der Waals surface area (Å²) in [5.74, 6) is 0. The fraction of sp³-hybridized carbons (Fsp3) is 0.286. The number of imidazole rings is 1. The maximum absolute atomic E-state index is 5.44. The van der Waals surface area contributed by atoms with Crippen LogP contribution in [0.25, 0.3) is 0 Å². The van der Waals surface area contributed by atoms with Crippen LogP contribution >= 0.6 is 45.2 Å². The van der Waals surface area contributed by atoms with Gasteiger partial charge in [0.25, 0.3) is 0 Å². The summed E-state index contributed by atoms with van der Waals surface area (Å²) in [6.07, 6.45) is 1.81. The normalized spacial score (nSPS) is 10.2. The highest BCUT2D eigenvalue weighted by Gasteiger charge is 2.04. The fourth-order valence-corrected chi connectivity index (χ4v) is 1.63. The van der Waals surface area contributed by atoms with Crippen molar-refractivity contribution in [3.8, 4) is 0 Å². The molecule has 0 fully saturated rings. The van der Waals surface area contributed by atoms with Crippen molar-refractivity contribution in [2.75, 3.05) is 6.54 Å². The maximum Gasteiger partial charge on any atom is 0.132 e. The topological polar surface area (TPSA) is 43.8 Å². The second kappa shape index (κ2) is 4.56. The molecular weight excluding hydrogens is 380 g/mol. The molecule has 3 nitrogen and oxygen atoms in total. The van der Waals surface area contributed by atoms with Gasteiger partial charge < -0.3 is 10.3 Å². The molecule has 12 heavy (non-hydrogen) atoms. The molecule has 0 amide bonds. The van der Waals surface area contributed by atoms with Gasteiger partial charge in [-0.15, -0.1) is 0 Å². The summed E-state index contributed by atoms with van der Waals surface area (Å²) in [4.78, 5) is 4.16. The van der Waals surface area contributed by atoms with E-state index in [0.717, 1.165) is 19.5 Å². The van der Waals surface area contributed by atoms with Gasteiger partial charge in [0.2, 0.25) is 0 Å². The first-order valence-electron chi connectivity index (χ1n) is 3.38. The molecular formula is C7H9I2N3. The molecule has 0 aliphatic carbocycles. The van der Waals surface area contributed by atoms with E-state index in [0.29, 0.717) is 6.54 Å². The van der Waals surface area contributed by atoms with Gasteiger partial charge in [0.05, 0.1) is 6.33 Å². The third kappa shape index (κ3) is 2.43. The highest BCUT2D eigenvalue weighted by atomic mass is 127. The lowest BCUT2D eigenvalue weighted by Crippen LogP contribution is -2.09. The van der Waals surface area contributed by atoms with Gasteiger partial charge in [-0.2, -0.15) is 0 Å². The molecule has 0 aliphatic heterocycles. The van der Waals surface area contributed by atoms with E-state index in [-0.39, 0.29) is 0 Å². The Labute approximate surface area is 98.7 Å². The smallest absolute Gasteiger partial charge is 0.132 e. The summed E-state index contributed by atoms with van der Waals surface area (Å²) in [5, 5.41) is 0. The minimum Gasteiger partial charge on any atom is -0.327 e. The molecule has 1 aromatic rings. The predicted molar refractivity (Wildman–Crippen MR) is 65.9 cm³/mol. The van der Waals surface area contributed by atoms with E-state index in [2.05, 4.69) is 56.7 Å². The van der Waals surface area contributed by atoms with E-state index in [1.165, 1.54) is 0 Å². The monoisotopic (exact) mass is 389 g/mol. The largest absolute Gasteiger partial charge is 0.327 e. The average molecular weight is 389 g/mol. The van der Waals surface area contributed by atoms with Gasteiger partial charge in [-0.1, -0.05) is 6.58 Å². The molecule has 1 rings (SSSR count). The van der Waals surface area contributed by atoms with Gasteiger partial charge in [0, 0.05) is 13.1 Å². The Bertz CT molecular complexity index is 293. The summed E-state index contributed by atoms with van der Waals surface area (Å²) >= 11 is 4.46.